The second-order valence-electron chi connectivity index (χ2n) is 5.01. The summed E-state index contributed by atoms with van der Waals surface area (Å²) >= 11 is 1.93. The summed E-state index contributed by atoms with van der Waals surface area (Å²) in [5.41, 5.74) is 5.35. The van der Waals surface area contributed by atoms with Crippen LogP contribution in [-0.4, -0.2) is 16.3 Å². The largest absolute Gasteiger partial charge is 0.387 e. The van der Waals surface area contributed by atoms with Gasteiger partial charge in [0.1, 0.15) is 0 Å². The molecule has 0 fully saturated rings. The van der Waals surface area contributed by atoms with Crippen LogP contribution in [0.5, 0.6) is 0 Å². The maximum atomic E-state index is 7.40. The highest BCUT2D eigenvalue weighted by molar-refractivity contribution is 8.00. The van der Waals surface area contributed by atoms with Gasteiger partial charge in [-0.25, -0.2) is 0 Å². The van der Waals surface area contributed by atoms with Gasteiger partial charge in [-0.05, 0) is 12.2 Å². The lowest BCUT2D eigenvalue weighted by molar-refractivity contribution is 0.499. The monoisotopic (exact) mass is 202 g/mol. The smallest absolute Gasteiger partial charge is 0.0963 e. The molecular formula is C10H22N2S. The van der Waals surface area contributed by atoms with E-state index in [9.17, 15) is 0 Å². The second kappa shape index (κ2) is 4.36. The fourth-order valence-electron chi connectivity index (χ4n) is 0.747. The second-order valence-corrected chi connectivity index (χ2v) is 6.93. The highest BCUT2D eigenvalue weighted by Gasteiger charge is 2.22. The molecule has 0 atom stereocenters. The maximum Gasteiger partial charge on any atom is 0.0963 e. The number of nitrogens with two attached hydrogens (primary N) is 1. The van der Waals surface area contributed by atoms with E-state index in [1.165, 1.54) is 0 Å². The molecule has 0 aromatic rings. The molecule has 0 aromatic carbocycles. The molecule has 13 heavy (non-hydrogen) atoms. The van der Waals surface area contributed by atoms with Crippen LogP contribution in [-0.2, 0) is 0 Å². The minimum Gasteiger partial charge on any atom is -0.387 e. The zero-order valence-electron chi connectivity index (χ0n) is 9.40. The number of thioether (sulfide) groups is 1. The van der Waals surface area contributed by atoms with Gasteiger partial charge in [-0.1, -0.05) is 34.6 Å². The SMILES string of the molecule is CC(C)(C)SCCC(C)(C)C(=N)N. The van der Waals surface area contributed by atoms with Crippen molar-refractivity contribution in [3.05, 3.63) is 0 Å². The van der Waals surface area contributed by atoms with Crippen molar-refractivity contribution in [3.8, 4) is 0 Å². The van der Waals surface area contributed by atoms with Crippen molar-refractivity contribution in [2.75, 3.05) is 5.75 Å². The first-order valence-corrected chi connectivity index (χ1v) is 5.62. The molecule has 0 rings (SSSR count). The Morgan fingerprint density at radius 1 is 1.23 bits per heavy atom. The average Bonchev–Trinajstić information content (AvgIpc) is 1.82. The van der Waals surface area contributed by atoms with Crippen LogP contribution in [0.15, 0.2) is 0 Å². The summed E-state index contributed by atoms with van der Waals surface area (Å²) in [6, 6.07) is 0. The van der Waals surface area contributed by atoms with E-state index >= 15 is 0 Å². The molecule has 0 saturated heterocycles. The summed E-state index contributed by atoms with van der Waals surface area (Å²) in [6.07, 6.45) is 0.976. The number of hydrogen-bond acceptors (Lipinski definition) is 2. The lowest BCUT2D eigenvalue weighted by Crippen LogP contribution is -2.31. The van der Waals surface area contributed by atoms with Gasteiger partial charge in [0.25, 0.3) is 0 Å². The van der Waals surface area contributed by atoms with Crippen molar-refractivity contribution >= 4 is 17.6 Å². The van der Waals surface area contributed by atoms with Gasteiger partial charge in [0.15, 0.2) is 0 Å². The first-order chi connectivity index (χ1) is 5.65. The molecular weight excluding hydrogens is 180 g/mol. The van der Waals surface area contributed by atoms with Crippen LogP contribution in [0.2, 0.25) is 0 Å². The minimum absolute atomic E-state index is 0.141. The van der Waals surface area contributed by atoms with Crippen LogP contribution < -0.4 is 5.73 Å². The molecule has 0 aliphatic rings. The summed E-state index contributed by atoms with van der Waals surface area (Å²) in [5.74, 6) is 1.36. The lowest BCUT2D eigenvalue weighted by atomic mass is 9.89. The van der Waals surface area contributed by atoms with Gasteiger partial charge in [0, 0.05) is 10.2 Å². The zero-order chi connectivity index (χ0) is 10.7. The Labute approximate surface area is 86.2 Å². The van der Waals surface area contributed by atoms with E-state index < -0.39 is 0 Å². The van der Waals surface area contributed by atoms with Crippen molar-refractivity contribution in [1.29, 1.82) is 5.41 Å². The summed E-state index contributed by atoms with van der Waals surface area (Å²) in [7, 11) is 0. The maximum absolute atomic E-state index is 7.40. The van der Waals surface area contributed by atoms with Crippen LogP contribution in [0, 0.1) is 10.8 Å². The third-order valence-corrected chi connectivity index (χ3v) is 3.27. The van der Waals surface area contributed by atoms with E-state index in [0.29, 0.717) is 10.6 Å². The van der Waals surface area contributed by atoms with Crippen LogP contribution in [0.1, 0.15) is 41.0 Å². The Morgan fingerprint density at radius 3 is 2.00 bits per heavy atom. The van der Waals surface area contributed by atoms with Gasteiger partial charge in [0.05, 0.1) is 5.84 Å². The van der Waals surface area contributed by atoms with Crippen LogP contribution >= 0.6 is 11.8 Å². The first-order valence-electron chi connectivity index (χ1n) is 4.64. The molecule has 0 bridgehead atoms. The molecule has 3 N–H and O–H groups in total. The topological polar surface area (TPSA) is 49.9 Å². The fourth-order valence-corrected chi connectivity index (χ4v) is 1.97. The normalized spacial score (nSPS) is 13.0. The number of amidine groups is 1. The molecule has 2 nitrogen and oxygen atoms in total. The summed E-state index contributed by atoms with van der Waals surface area (Å²) < 4.78 is 0.312. The molecule has 0 aromatic heterocycles. The van der Waals surface area contributed by atoms with Crippen molar-refractivity contribution in [3.63, 3.8) is 0 Å². The fraction of sp³-hybridized carbons (Fsp3) is 0.900. The zero-order valence-corrected chi connectivity index (χ0v) is 10.2. The predicted molar refractivity (Wildman–Crippen MR) is 62.5 cm³/mol. The third-order valence-electron chi connectivity index (χ3n) is 1.99. The van der Waals surface area contributed by atoms with Gasteiger partial charge < -0.3 is 5.73 Å². The van der Waals surface area contributed by atoms with Crippen molar-refractivity contribution in [1.82, 2.24) is 0 Å². The van der Waals surface area contributed by atoms with E-state index in [4.69, 9.17) is 11.1 Å². The molecule has 0 amide bonds. The number of rotatable bonds is 4. The van der Waals surface area contributed by atoms with Gasteiger partial charge in [-0.15, -0.1) is 0 Å². The predicted octanol–water partition coefficient (Wildman–Crippen LogP) is 2.87. The third kappa shape index (κ3) is 5.97. The van der Waals surface area contributed by atoms with E-state index in [-0.39, 0.29) is 5.41 Å². The summed E-state index contributed by atoms with van der Waals surface area (Å²) in [4.78, 5) is 0. The first kappa shape index (κ1) is 12.8. The molecule has 0 heterocycles. The van der Waals surface area contributed by atoms with E-state index in [1.54, 1.807) is 0 Å². The highest BCUT2D eigenvalue weighted by Crippen LogP contribution is 2.28. The van der Waals surface area contributed by atoms with E-state index in [1.807, 2.05) is 25.6 Å². The Hall–Kier alpha value is -0.180. The number of hydrogen-bond donors (Lipinski definition) is 2. The van der Waals surface area contributed by atoms with Crippen molar-refractivity contribution in [2.24, 2.45) is 11.1 Å². The minimum atomic E-state index is -0.141. The molecule has 78 valence electrons. The molecule has 3 heteroatoms. The highest BCUT2D eigenvalue weighted by atomic mass is 32.2. The van der Waals surface area contributed by atoms with Gasteiger partial charge >= 0.3 is 0 Å². The van der Waals surface area contributed by atoms with Crippen molar-refractivity contribution < 1.29 is 0 Å². The van der Waals surface area contributed by atoms with Crippen LogP contribution in [0.25, 0.3) is 0 Å². The Morgan fingerprint density at radius 2 is 1.69 bits per heavy atom. The molecule has 0 spiro atoms. The van der Waals surface area contributed by atoms with Crippen LogP contribution in [0.3, 0.4) is 0 Å². The Kier molecular flexibility index (Phi) is 4.30. The van der Waals surface area contributed by atoms with Crippen molar-refractivity contribution in [2.45, 2.75) is 45.8 Å². The molecule has 0 aliphatic heterocycles. The Balaban J connectivity index is 3.84. The summed E-state index contributed by atoms with van der Waals surface area (Å²) in [6.45, 7) is 10.7. The van der Waals surface area contributed by atoms with E-state index in [2.05, 4.69) is 20.8 Å². The van der Waals surface area contributed by atoms with Gasteiger partial charge in [0.2, 0.25) is 0 Å². The average molecular weight is 202 g/mol. The van der Waals surface area contributed by atoms with Crippen LogP contribution in [0.4, 0.5) is 0 Å². The standard InChI is InChI=1S/C10H22N2S/c1-9(2,3)13-7-6-10(4,5)8(11)12/h6-7H2,1-5H3,(H3,11,12). The molecule has 0 aliphatic carbocycles. The lowest BCUT2D eigenvalue weighted by Gasteiger charge is -2.25. The quantitative estimate of drug-likeness (QED) is 0.544. The molecule has 0 unspecified atom stereocenters. The van der Waals surface area contributed by atoms with E-state index in [0.717, 1.165) is 12.2 Å². The Bertz CT molecular complexity index is 180. The van der Waals surface area contributed by atoms with Gasteiger partial charge in [-0.2, -0.15) is 11.8 Å². The molecule has 0 saturated carbocycles. The van der Waals surface area contributed by atoms with Gasteiger partial charge in [-0.3, -0.25) is 5.41 Å². The summed E-state index contributed by atoms with van der Waals surface area (Å²) in [5, 5.41) is 7.40. The molecule has 0 radical (unpaired) electrons. The number of nitrogens with one attached hydrogen (secondary N) is 1.